The third kappa shape index (κ3) is 7.00. The summed E-state index contributed by atoms with van der Waals surface area (Å²) >= 11 is 6.55. The fourth-order valence-electron chi connectivity index (χ4n) is 5.30. The molecule has 234 valence electrons. The molecule has 0 saturated carbocycles. The van der Waals surface area contributed by atoms with E-state index in [-0.39, 0.29) is 13.0 Å². The van der Waals surface area contributed by atoms with Crippen molar-refractivity contribution in [1.29, 1.82) is 0 Å². The van der Waals surface area contributed by atoms with Gasteiger partial charge >= 0.3 is 5.97 Å². The maximum absolute atomic E-state index is 14.3. The molecule has 1 amide bonds. The molecule has 1 aliphatic heterocycles. The van der Waals surface area contributed by atoms with Crippen LogP contribution in [-0.2, 0) is 32.2 Å². The van der Waals surface area contributed by atoms with Gasteiger partial charge in [0.05, 0.1) is 47.1 Å². The van der Waals surface area contributed by atoms with E-state index < -0.39 is 24.1 Å². The number of nitrogens with zero attached hydrogens (tertiary/aromatic N) is 1. The lowest BCUT2D eigenvalue weighted by molar-refractivity contribution is -0.149. The molecule has 0 radical (unpaired) electrons. The van der Waals surface area contributed by atoms with E-state index in [1.54, 1.807) is 62.6 Å². The molecule has 1 aliphatic rings. The second-order valence-electron chi connectivity index (χ2n) is 10.2. The third-order valence-corrected chi connectivity index (χ3v) is 7.78. The van der Waals surface area contributed by atoms with E-state index in [0.717, 1.165) is 11.1 Å². The molecule has 4 aromatic rings. The summed E-state index contributed by atoms with van der Waals surface area (Å²) in [7, 11) is 5.93. The largest absolute Gasteiger partial charge is 0.497 e. The minimum atomic E-state index is -1.20. The molecule has 0 aromatic heterocycles. The Morgan fingerprint density at radius 2 is 1.64 bits per heavy atom. The molecule has 2 atom stereocenters. The zero-order chi connectivity index (χ0) is 31.9. The van der Waals surface area contributed by atoms with Crippen molar-refractivity contribution in [1.82, 2.24) is 0 Å². The first kappa shape index (κ1) is 31.7. The second-order valence-corrected chi connectivity index (χ2v) is 10.7. The number of methoxy groups -OCH3 is 4. The molecule has 1 heterocycles. The topological polar surface area (TPSA) is 92.8 Å². The van der Waals surface area contributed by atoms with Crippen molar-refractivity contribution in [2.45, 2.75) is 31.8 Å². The highest BCUT2D eigenvalue weighted by molar-refractivity contribution is 6.30. The molecule has 45 heavy (non-hydrogen) atoms. The maximum Gasteiger partial charge on any atom is 0.308 e. The van der Waals surface area contributed by atoms with Crippen LogP contribution in [0.5, 0.6) is 23.0 Å². The van der Waals surface area contributed by atoms with E-state index in [1.807, 2.05) is 48.5 Å². The van der Waals surface area contributed by atoms with Gasteiger partial charge in [-0.25, -0.2) is 0 Å². The van der Waals surface area contributed by atoms with Crippen molar-refractivity contribution < 1.29 is 38.0 Å². The maximum atomic E-state index is 14.3. The van der Waals surface area contributed by atoms with Crippen molar-refractivity contribution in [2.75, 3.05) is 33.3 Å². The van der Waals surface area contributed by atoms with Crippen molar-refractivity contribution in [3.05, 3.63) is 112 Å². The van der Waals surface area contributed by atoms with E-state index in [0.29, 0.717) is 51.4 Å². The molecule has 0 fully saturated rings. The average Bonchev–Trinajstić information content (AvgIpc) is 3.17. The quantitative estimate of drug-likeness (QED) is 0.173. The van der Waals surface area contributed by atoms with Crippen LogP contribution >= 0.6 is 11.6 Å². The van der Waals surface area contributed by atoms with E-state index in [2.05, 4.69) is 0 Å². The number of amides is 1. The van der Waals surface area contributed by atoms with E-state index in [4.69, 9.17) is 40.0 Å². The summed E-state index contributed by atoms with van der Waals surface area (Å²) in [6, 6.07) is 25.8. The van der Waals surface area contributed by atoms with Gasteiger partial charge in [-0.05, 0) is 42.0 Å². The fraction of sp³-hybridized carbons (Fsp3) is 0.257. The van der Waals surface area contributed by atoms with Crippen LogP contribution in [0.3, 0.4) is 0 Å². The number of esters is 1. The number of anilines is 1. The predicted molar refractivity (Wildman–Crippen MR) is 169 cm³/mol. The average molecular weight is 632 g/mol. The second kappa shape index (κ2) is 14.4. The van der Waals surface area contributed by atoms with Crippen LogP contribution in [0.15, 0.2) is 84.9 Å². The summed E-state index contributed by atoms with van der Waals surface area (Å²) in [5.74, 6) is 1.04. The Bertz CT molecular complexity index is 1660. The first-order valence-electron chi connectivity index (χ1n) is 14.2. The van der Waals surface area contributed by atoms with Gasteiger partial charge in [-0.15, -0.1) is 0 Å². The van der Waals surface area contributed by atoms with Gasteiger partial charge in [0.2, 0.25) is 0 Å². The van der Waals surface area contributed by atoms with Crippen LogP contribution in [0, 0.1) is 0 Å². The Hall–Kier alpha value is -4.73. The zero-order valence-corrected chi connectivity index (χ0v) is 26.2. The summed E-state index contributed by atoms with van der Waals surface area (Å²) in [5.41, 5.74) is 3.46. The van der Waals surface area contributed by atoms with Gasteiger partial charge < -0.3 is 33.3 Å². The van der Waals surface area contributed by atoms with Crippen LogP contribution in [0.1, 0.15) is 34.8 Å². The molecular formula is C35H34ClNO8. The van der Waals surface area contributed by atoms with Crippen LogP contribution in [-0.4, -0.2) is 46.4 Å². The van der Waals surface area contributed by atoms with Crippen LogP contribution in [0.4, 0.5) is 5.69 Å². The molecule has 9 nitrogen and oxygen atoms in total. The lowest BCUT2D eigenvalue weighted by Crippen LogP contribution is -2.40. The summed E-state index contributed by atoms with van der Waals surface area (Å²) in [6.07, 6.45) is -2.37. The standard InChI is InChI=1S/C35H34ClNO8/c1-40-25-15-13-23(30(18-25)41-2)20-37-28-16-14-24(36)17-27(28)33(45-31(35(37)39)19-32(38)42-3)26-11-8-12-29(34(26)43-4)44-21-22-9-6-5-7-10-22/h5-18,31,33H,19-21H2,1-4H3. The molecule has 0 spiro atoms. The minimum absolute atomic E-state index is 0.117. The molecule has 0 saturated heterocycles. The van der Waals surface area contributed by atoms with Crippen molar-refractivity contribution >= 4 is 29.2 Å². The molecular weight excluding hydrogens is 598 g/mol. The summed E-state index contributed by atoms with van der Waals surface area (Å²) in [5, 5.41) is 0.443. The van der Waals surface area contributed by atoms with Gasteiger partial charge in [0.25, 0.3) is 5.91 Å². The third-order valence-electron chi connectivity index (χ3n) is 7.54. The van der Waals surface area contributed by atoms with Gasteiger partial charge in [0, 0.05) is 27.8 Å². The smallest absolute Gasteiger partial charge is 0.308 e. The van der Waals surface area contributed by atoms with E-state index in [9.17, 15) is 9.59 Å². The number of carbonyl (C=O) groups excluding carboxylic acids is 2. The number of ether oxygens (including phenoxy) is 6. The number of hydrogen-bond donors (Lipinski definition) is 0. The molecule has 4 aromatic carbocycles. The minimum Gasteiger partial charge on any atom is -0.497 e. The predicted octanol–water partition coefficient (Wildman–Crippen LogP) is 6.53. The lowest BCUT2D eigenvalue weighted by atomic mass is 9.97. The van der Waals surface area contributed by atoms with Gasteiger partial charge in [0.15, 0.2) is 11.5 Å². The van der Waals surface area contributed by atoms with Crippen molar-refractivity contribution in [3.63, 3.8) is 0 Å². The monoisotopic (exact) mass is 631 g/mol. The van der Waals surface area contributed by atoms with Crippen molar-refractivity contribution in [3.8, 4) is 23.0 Å². The molecule has 5 rings (SSSR count). The zero-order valence-electron chi connectivity index (χ0n) is 25.5. The summed E-state index contributed by atoms with van der Waals surface area (Å²) in [4.78, 5) is 28.4. The highest BCUT2D eigenvalue weighted by atomic mass is 35.5. The molecule has 2 unspecified atom stereocenters. The van der Waals surface area contributed by atoms with E-state index in [1.165, 1.54) is 7.11 Å². The first-order chi connectivity index (χ1) is 21.9. The highest BCUT2D eigenvalue weighted by Gasteiger charge is 2.39. The van der Waals surface area contributed by atoms with Crippen LogP contribution in [0.2, 0.25) is 5.02 Å². The number of halogens is 1. The number of carbonyl (C=O) groups is 2. The number of fused-ring (bicyclic) bond motifs is 1. The van der Waals surface area contributed by atoms with E-state index >= 15 is 0 Å². The Balaban J connectivity index is 1.62. The molecule has 10 heteroatoms. The Morgan fingerprint density at radius 3 is 2.36 bits per heavy atom. The summed E-state index contributed by atoms with van der Waals surface area (Å²) in [6.45, 7) is 0.432. The Labute approximate surface area is 267 Å². The number of hydrogen-bond acceptors (Lipinski definition) is 8. The SMILES string of the molecule is COC(=O)CC1OC(c2cccc(OCc3ccccc3)c2OC)c2cc(Cl)ccc2N(Cc2ccc(OC)cc2OC)C1=O. The Kier molecular flexibility index (Phi) is 10.1. The first-order valence-corrected chi connectivity index (χ1v) is 14.6. The van der Waals surface area contributed by atoms with Gasteiger partial charge in [-0.2, -0.15) is 0 Å². The Morgan fingerprint density at radius 1 is 0.844 bits per heavy atom. The van der Waals surface area contributed by atoms with Crippen LogP contribution in [0.25, 0.3) is 0 Å². The van der Waals surface area contributed by atoms with Gasteiger partial charge in [-0.3, -0.25) is 9.59 Å². The van der Waals surface area contributed by atoms with Crippen molar-refractivity contribution in [2.24, 2.45) is 0 Å². The number of rotatable bonds is 11. The normalized spacial score (nSPS) is 15.9. The molecule has 0 aliphatic carbocycles. The lowest BCUT2D eigenvalue weighted by Gasteiger charge is -2.26. The summed E-state index contributed by atoms with van der Waals surface area (Å²) < 4.78 is 34.5. The van der Waals surface area contributed by atoms with Crippen LogP contribution < -0.4 is 23.8 Å². The number of benzene rings is 4. The van der Waals surface area contributed by atoms with Gasteiger partial charge in [0.1, 0.15) is 30.3 Å². The molecule has 0 bridgehead atoms. The number of para-hydroxylation sites is 1. The fourth-order valence-corrected chi connectivity index (χ4v) is 5.48. The highest BCUT2D eigenvalue weighted by Crippen LogP contribution is 2.46. The van der Waals surface area contributed by atoms with Gasteiger partial charge in [-0.1, -0.05) is 54.1 Å². The molecule has 0 N–H and O–H groups in total.